The van der Waals surface area contributed by atoms with Gasteiger partial charge in [-0.25, -0.2) is 0 Å². The van der Waals surface area contributed by atoms with Crippen LogP contribution >= 0.6 is 0 Å². The first kappa shape index (κ1) is 22.3. The predicted octanol–water partition coefficient (Wildman–Crippen LogP) is 7.27. The maximum atomic E-state index is 2.54. The number of fused-ring (bicyclic) bond motifs is 10. The summed E-state index contributed by atoms with van der Waals surface area (Å²) in [7, 11) is -3.53. The Labute approximate surface area is 226 Å². The molecule has 182 valence electrons. The molecule has 0 bridgehead atoms. The van der Waals surface area contributed by atoms with Crippen molar-refractivity contribution in [2.45, 2.75) is 26.2 Å². The van der Waals surface area contributed by atoms with Gasteiger partial charge in [-0.1, -0.05) is 135 Å². The van der Waals surface area contributed by atoms with Crippen molar-refractivity contribution in [3.63, 3.8) is 0 Å². The molecular weight excluding hydrogens is 489 g/mol. The third-order valence-corrected chi connectivity index (χ3v) is 16.5. The molecule has 2 heteroatoms. The second-order valence-corrected chi connectivity index (χ2v) is 20.8. The van der Waals surface area contributed by atoms with Crippen LogP contribution in [0.15, 0.2) is 109 Å². The number of benzene rings is 6. The van der Waals surface area contributed by atoms with Crippen LogP contribution in [-0.4, -0.2) is 16.1 Å². The molecule has 0 atom stereocenters. The smallest absolute Gasteiger partial charge is 0.0623 e. The van der Waals surface area contributed by atoms with Crippen molar-refractivity contribution in [2.75, 3.05) is 0 Å². The van der Waals surface area contributed by atoms with E-state index in [2.05, 4.69) is 135 Å². The van der Waals surface area contributed by atoms with Crippen LogP contribution in [0.1, 0.15) is 0 Å². The molecule has 38 heavy (non-hydrogen) atoms. The molecule has 0 nitrogen and oxygen atoms in total. The molecular formula is C36H30Si2. The first-order valence-electron chi connectivity index (χ1n) is 13.7. The van der Waals surface area contributed by atoms with E-state index in [4.69, 9.17) is 0 Å². The van der Waals surface area contributed by atoms with E-state index in [1.165, 1.54) is 54.9 Å². The predicted molar refractivity (Wildman–Crippen MR) is 171 cm³/mol. The zero-order valence-electron chi connectivity index (χ0n) is 22.4. The van der Waals surface area contributed by atoms with E-state index < -0.39 is 16.1 Å². The van der Waals surface area contributed by atoms with Crippen LogP contribution in [0.3, 0.4) is 0 Å². The van der Waals surface area contributed by atoms with E-state index in [0.717, 1.165) is 0 Å². The Kier molecular flexibility index (Phi) is 4.36. The van der Waals surface area contributed by atoms with Gasteiger partial charge in [0.15, 0.2) is 0 Å². The Morgan fingerprint density at radius 2 is 0.974 bits per heavy atom. The van der Waals surface area contributed by atoms with Crippen molar-refractivity contribution in [3.05, 3.63) is 109 Å². The fourth-order valence-electron chi connectivity index (χ4n) is 7.49. The second-order valence-electron chi connectivity index (χ2n) is 12.2. The molecule has 6 aromatic carbocycles. The topological polar surface area (TPSA) is 0 Å². The van der Waals surface area contributed by atoms with Gasteiger partial charge in [-0.2, -0.15) is 0 Å². The van der Waals surface area contributed by atoms with Crippen molar-refractivity contribution in [2.24, 2.45) is 0 Å². The first-order valence-corrected chi connectivity index (χ1v) is 19.7. The quantitative estimate of drug-likeness (QED) is 0.201. The van der Waals surface area contributed by atoms with Crippen LogP contribution in [0.4, 0.5) is 0 Å². The summed E-state index contributed by atoms with van der Waals surface area (Å²) in [6, 6.07) is 41.8. The zero-order valence-corrected chi connectivity index (χ0v) is 24.4. The minimum atomic E-state index is -1.85. The first-order chi connectivity index (χ1) is 18.4. The molecule has 0 unspecified atom stereocenters. The Balaban J connectivity index is 1.39. The van der Waals surface area contributed by atoms with Crippen molar-refractivity contribution >= 4 is 58.4 Å². The molecule has 2 aliphatic rings. The van der Waals surface area contributed by atoms with Gasteiger partial charge in [-0.3, -0.25) is 0 Å². The van der Waals surface area contributed by atoms with Gasteiger partial charge in [0.2, 0.25) is 0 Å². The number of hydrogen-bond acceptors (Lipinski definition) is 0. The van der Waals surface area contributed by atoms with Crippen molar-refractivity contribution in [1.29, 1.82) is 0 Å². The molecule has 0 spiro atoms. The molecule has 6 aromatic rings. The highest BCUT2D eigenvalue weighted by Gasteiger charge is 2.41. The Morgan fingerprint density at radius 3 is 1.74 bits per heavy atom. The molecule has 0 aromatic heterocycles. The van der Waals surface area contributed by atoms with Crippen LogP contribution in [0.2, 0.25) is 26.2 Å². The lowest BCUT2D eigenvalue weighted by Gasteiger charge is -2.21. The van der Waals surface area contributed by atoms with E-state index in [1.54, 1.807) is 20.7 Å². The molecule has 2 aliphatic heterocycles. The van der Waals surface area contributed by atoms with Gasteiger partial charge < -0.3 is 0 Å². The van der Waals surface area contributed by atoms with Gasteiger partial charge >= 0.3 is 0 Å². The summed E-state index contributed by atoms with van der Waals surface area (Å²) in [5, 5.41) is 11.8. The van der Waals surface area contributed by atoms with Crippen LogP contribution in [-0.2, 0) is 0 Å². The zero-order chi connectivity index (χ0) is 25.8. The number of rotatable bonds is 1. The lowest BCUT2D eigenvalue weighted by Crippen LogP contribution is -2.49. The third-order valence-electron chi connectivity index (χ3n) is 9.48. The van der Waals surface area contributed by atoms with Crippen molar-refractivity contribution in [1.82, 2.24) is 0 Å². The van der Waals surface area contributed by atoms with Gasteiger partial charge in [-0.15, -0.1) is 0 Å². The fraction of sp³-hybridized carbons (Fsp3) is 0.111. The summed E-state index contributed by atoms with van der Waals surface area (Å²) < 4.78 is 0. The fourth-order valence-corrected chi connectivity index (χ4v) is 13.6. The van der Waals surface area contributed by atoms with Crippen molar-refractivity contribution < 1.29 is 0 Å². The molecule has 0 saturated carbocycles. The normalized spacial score (nSPS) is 15.8. The molecule has 0 N–H and O–H groups in total. The lowest BCUT2D eigenvalue weighted by molar-refractivity contribution is 1.67. The molecule has 0 fully saturated rings. The summed E-state index contributed by atoms with van der Waals surface area (Å²) in [5.41, 5.74) is 8.57. The van der Waals surface area contributed by atoms with E-state index in [1.807, 2.05) is 0 Å². The lowest BCUT2D eigenvalue weighted by atomic mass is 9.92. The van der Waals surface area contributed by atoms with E-state index >= 15 is 0 Å². The highest BCUT2D eigenvalue weighted by molar-refractivity contribution is 7.05. The maximum Gasteiger partial charge on any atom is 0.113 e. The second kappa shape index (κ2) is 7.44. The van der Waals surface area contributed by atoms with Gasteiger partial charge in [0, 0.05) is 0 Å². The van der Waals surface area contributed by atoms with E-state index in [0.29, 0.717) is 0 Å². The molecule has 0 aliphatic carbocycles. The standard InChI is InChI=1S/C36H30Si2/c1-37(2)31-15-8-7-13-29(31)35-27-19-21-33-36(28(27)18-20-32(35)37)30-17-16-24(22-34(30)38(33,3)4)26-14-9-11-23-10-5-6-12-25(23)26/h5-22H,1-4H3. The Morgan fingerprint density at radius 1 is 0.395 bits per heavy atom. The summed E-state index contributed by atoms with van der Waals surface area (Å²) >= 11 is 0. The van der Waals surface area contributed by atoms with Crippen LogP contribution in [0.25, 0.3) is 54.9 Å². The number of hydrogen-bond donors (Lipinski definition) is 0. The van der Waals surface area contributed by atoms with E-state index in [9.17, 15) is 0 Å². The minimum Gasteiger partial charge on any atom is -0.0623 e. The summed E-state index contributed by atoms with van der Waals surface area (Å²) in [6.45, 7) is 10.1. The van der Waals surface area contributed by atoms with Crippen molar-refractivity contribution in [3.8, 4) is 33.4 Å². The highest BCUT2D eigenvalue weighted by Crippen LogP contribution is 2.41. The average molecular weight is 519 g/mol. The highest BCUT2D eigenvalue weighted by atomic mass is 28.3. The van der Waals surface area contributed by atoms with Crippen LogP contribution in [0.5, 0.6) is 0 Å². The molecule has 0 radical (unpaired) electrons. The van der Waals surface area contributed by atoms with E-state index in [-0.39, 0.29) is 0 Å². The molecule has 2 heterocycles. The summed E-state index contributed by atoms with van der Waals surface area (Å²) in [5.74, 6) is 0. The maximum absolute atomic E-state index is 2.54. The minimum absolute atomic E-state index is 1.30. The Hall–Kier alpha value is -3.73. The molecule has 8 rings (SSSR count). The van der Waals surface area contributed by atoms with Gasteiger partial charge in [0.05, 0.1) is 0 Å². The largest absolute Gasteiger partial charge is 0.113 e. The van der Waals surface area contributed by atoms with Crippen LogP contribution in [0, 0.1) is 0 Å². The SMILES string of the molecule is C[Si]1(C)c2ccccc2-c2c1ccc1c3c(ccc21)[Si](C)(C)c1cc(-c2cccc4ccccc24)ccc1-3. The summed E-state index contributed by atoms with van der Waals surface area (Å²) in [4.78, 5) is 0. The molecule has 0 amide bonds. The monoisotopic (exact) mass is 518 g/mol. The third kappa shape index (κ3) is 2.74. The average Bonchev–Trinajstić information content (AvgIpc) is 3.32. The van der Waals surface area contributed by atoms with Gasteiger partial charge in [-0.05, 0) is 75.7 Å². The van der Waals surface area contributed by atoms with Crippen LogP contribution < -0.4 is 20.7 Å². The molecule has 0 saturated heterocycles. The van der Waals surface area contributed by atoms with Gasteiger partial charge in [0.1, 0.15) is 16.1 Å². The Bertz CT molecular complexity index is 1970. The van der Waals surface area contributed by atoms with Gasteiger partial charge in [0.25, 0.3) is 0 Å². The summed E-state index contributed by atoms with van der Waals surface area (Å²) in [6.07, 6.45) is 0.